The number of aromatic amines is 1. The number of fused-ring (bicyclic) bond motifs is 1. The van der Waals surface area contributed by atoms with E-state index in [1.54, 1.807) is 51.4 Å². The summed E-state index contributed by atoms with van der Waals surface area (Å²) in [4.78, 5) is 29.6. The monoisotopic (exact) mass is 422 g/mol. The number of likely N-dealkylation sites (tertiary alicyclic amines) is 1. The van der Waals surface area contributed by atoms with Crippen LogP contribution in [0.15, 0.2) is 30.6 Å². The van der Waals surface area contributed by atoms with Gasteiger partial charge in [-0.15, -0.1) is 0 Å². The minimum absolute atomic E-state index is 0.134. The van der Waals surface area contributed by atoms with Crippen LogP contribution in [0.3, 0.4) is 0 Å². The average Bonchev–Trinajstić information content (AvgIpc) is 3.17. The molecule has 1 unspecified atom stereocenters. The average molecular weight is 422 g/mol. The van der Waals surface area contributed by atoms with E-state index in [0.29, 0.717) is 29.8 Å². The highest BCUT2D eigenvalue weighted by Gasteiger charge is 2.42. The first-order valence-electron chi connectivity index (χ1n) is 10.1. The van der Waals surface area contributed by atoms with Crippen LogP contribution < -0.4 is 0 Å². The molecule has 4 rings (SSSR count). The molecule has 8 nitrogen and oxygen atoms in total. The molecule has 0 radical (unpaired) electrons. The van der Waals surface area contributed by atoms with Gasteiger partial charge in [-0.2, -0.15) is 5.26 Å². The van der Waals surface area contributed by atoms with Crippen molar-refractivity contribution in [2.45, 2.75) is 44.9 Å². The molecular weight excluding hydrogens is 399 g/mol. The third-order valence-corrected chi connectivity index (χ3v) is 5.06. The van der Waals surface area contributed by atoms with Gasteiger partial charge < -0.3 is 14.6 Å². The van der Waals surface area contributed by atoms with Crippen LogP contribution in [0.25, 0.3) is 22.3 Å². The number of halogens is 1. The first kappa shape index (κ1) is 20.7. The van der Waals surface area contributed by atoms with Crippen molar-refractivity contribution in [2.24, 2.45) is 0 Å². The smallest absolute Gasteiger partial charge is 0.410 e. The Bertz CT molecular complexity index is 1180. The van der Waals surface area contributed by atoms with Gasteiger partial charge in [-0.1, -0.05) is 0 Å². The molecule has 1 aliphatic heterocycles. The second kappa shape index (κ2) is 7.61. The van der Waals surface area contributed by atoms with Crippen LogP contribution >= 0.6 is 0 Å². The number of hydrogen-bond acceptors (Lipinski definition) is 6. The zero-order valence-corrected chi connectivity index (χ0v) is 17.6. The van der Waals surface area contributed by atoms with Gasteiger partial charge in [-0.3, -0.25) is 0 Å². The number of nitriles is 1. The lowest BCUT2D eigenvalue weighted by atomic mass is 9.94. The molecule has 0 saturated carbocycles. The molecule has 1 aliphatic rings. The third kappa shape index (κ3) is 4.33. The molecule has 3 aromatic rings. The maximum Gasteiger partial charge on any atom is 0.410 e. The van der Waals surface area contributed by atoms with E-state index >= 15 is 4.39 Å². The largest absolute Gasteiger partial charge is 0.444 e. The van der Waals surface area contributed by atoms with Crippen LogP contribution in [0.5, 0.6) is 0 Å². The number of aromatic nitrogens is 4. The number of nitrogens with one attached hydrogen (secondary N) is 1. The lowest BCUT2D eigenvalue weighted by Gasteiger charge is -2.36. The normalized spacial score (nSPS) is 19.3. The second-order valence-corrected chi connectivity index (χ2v) is 8.69. The van der Waals surface area contributed by atoms with Crippen molar-refractivity contribution in [3.8, 4) is 17.2 Å². The van der Waals surface area contributed by atoms with Crippen LogP contribution in [0.4, 0.5) is 9.18 Å². The fourth-order valence-corrected chi connectivity index (χ4v) is 3.62. The number of rotatable bonds is 2. The molecule has 1 fully saturated rings. The summed E-state index contributed by atoms with van der Waals surface area (Å²) < 4.78 is 21.3. The standard InChI is InChI=1S/C22H23FN6O2/c1-21(2,3)31-20(30)29-8-4-6-22(23,13-29)19-27-17-10-15(12-26-18(17)28-19)14-5-7-25-16(9-14)11-24/h5,7,9-10,12H,4,6,8,13H2,1-3H3,(H,26,27,28). The SMILES string of the molecule is CC(C)(C)OC(=O)N1CCCC(F)(c2nc3cc(-c4ccnc(C#N)c4)cnc3[nH]2)C1. The summed E-state index contributed by atoms with van der Waals surface area (Å²) in [5.74, 6) is 0.146. The zero-order valence-electron chi connectivity index (χ0n) is 17.6. The van der Waals surface area contributed by atoms with Gasteiger partial charge in [0.1, 0.15) is 28.7 Å². The van der Waals surface area contributed by atoms with Crippen LogP contribution in [0.2, 0.25) is 0 Å². The van der Waals surface area contributed by atoms with E-state index in [1.807, 2.05) is 6.07 Å². The lowest BCUT2D eigenvalue weighted by molar-refractivity contribution is -0.00876. The van der Waals surface area contributed by atoms with E-state index in [2.05, 4.69) is 19.9 Å². The molecular formula is C22H23FN6O2. The third-order valence-electron chi connectivity index (χ3n) is 5.06. The summed E-state index contributed by atoms with van der Waals surface area (Å²) in [6, 6.07) is 7.23. The number of carbonyl (C=O) groups is 1. The molecule has 0 bridgehead atoms. The number of amides is 1. The van der Waals surface area contributed by atoms with E-state index in [-0.39, 0.29) is 18.8 Å². The molecule has 4 heterocycles. The molecule has 0 aliphatic carbocycles. The van der Waals surface area contributed by atoms with Gasteiger partial charge in [-0.05, 0) is 57.4 Å². The maximum atomic E-state index is 15.9. The minimum Gasteiger partial charge on any atom is -0.444 e. The van der Waals surface area contributed by atoms with Crippen molar-refractivity contribution in [3.63, 3.8) is 0 Å². The molecule has 0 spiro atoms. The molecule has 3 aromatic heterocycles. The summed E-state index contributed by atoms with van der Waals surface area (Å²) in [7, 11) is 0. The number of H-pyrrole nitrogens is 1. The highest BCUT2D eigenvalue weighted by molar-refractivity contribution is 5.78. The Kier molecular flexibility index (Phi) is 5.09. The Hall–Kier alpha value is -3.54. The number of ether oxygens (including phenoxy) is 1. The molecule has 31 heavy (non-hydrogen) atoms. The first-order chi connectivity index (χ1) is 14.7. The first-order valence-corrected chi connectivity index (χ1v) is 10.1. The van der Waals surface area contributed by atoms with Gasteiger partial charge in [0, 0.05) is 24.5 Å². The Morgan fingerprint density at radius 2 is 2.13 bits per heavy atom. The van der Waals surface area contributed by atoms with Crippen LogP contribution in [-0.4, -0.2) is 49.6 Å². The van der Waals surface area contributed by atoms with Gasteiger partial charge in [0.25, 0.3) is 0 Å². The molecule has 1 amide bonds. The summed E-state index contributed by atoms with van der Waals surface area (Å²) in [5.41, 5.74) is 0.318. The Labute approximate surface area is 179 Å². The summed E-state index contributed by atoms with van der Waals surface area (Å²) in [5, 5.41) is 9.06. The van der Waals surface area contributed by atoms with Crippen LogP contribution in [-0.2, 0) is 10.4 Å². The molecule has 160 valence electrons. The maximum absolute atomic E-state index is 15.9. The molecule has 1 atom stereocenters. The predicted molar refractivity (Wildman–Crippen MR) is 112 cm³/mol. The van der Waals surface area contributed by atoms with E-state index in [0.717, 1.165) is 11.1 Å². The van der Waals surface area contributed by atoms with E-state index < -0.39 is 17.4 Å². The molecule has 0 aromatic carbocycles. The van der Waals surface area contributed by atoms with Crippen molar-refractivity contribution in [1.29, 1.82) is 5.26 Å². The number of alkyl halides is 1. The topological polar surface area (TPSA) is 108 Å². The number of nitrogens with zero attached hydrogens (tertiary/aromatic N) is 5. The summed E-state index contributed by atoms with van der Waals surface area (Å²) in [6.45, 7) is 5.64. The van der Waals surface area contributed by atoms with Crippen LogP contribution in [0.1, 0.15) is 45.1 Å². The molecule has 1 N–H and O–H groups in total. The number of piperidine rings is 1. The Morgan fingerprint density at radius 3 is 2.87 bits per heavy atom. The van der Waals surface area contributed by atoms with Crippen LogP contribution in [0, 0.1) is 11.3 Å². The lowest BCUT2D eigenvalue weighted by Crippen LogP contribution is -2.48. The molecule has 1 saturated heterocycles. The molecule has 9 heteroatoms. The van der Waals surface area contributed by atoms with E-state index in [1.165, 1.54) is 4.90 Å². The van der Waals surface area contributed by atoms with Gasteiger partial charge in [0.05, 0.1) is 6.54 Å². The number of hydrogen-bond donors (Lipinski definition) is 1. The van der Waals surface area contributed by atoms with Gasteiger partial charge in [0.15, 0.2) is 11.3 Å². The summed E-state index contributed by atoms with van der Waals surface area (Å²) in [6.07, 6.45) is 3.41. The Balaban J connectivity index is 1.61. The highest BCUT2D eigenvalue weighted by Crippen LogP contribution is 2.35. The highest BCUT2D eigenvalue weighted by atomic mass is 19.1. The number of carbonyl (C=O) groups excluding carboxylic acids is 1. The van der Waals surface area contributed by atoms with Crippen molar-refractivity contribution in [2.75, 3.05) is 13.1 Å². The van der Waals surface area contributed by atoms with Crippen molar-refractivity contribution in [3.05, 3.63) is 42.1 Å². The van der Waals surface area contributed by atoms with Crippen molar-refractivity contribution in [1.82, 2.24) is 24.8 Å². The van der Waals surface area contributed by atoms with Gasteiger partial charge in [-0.25, -0.2) is 24.1 Å². The Morgan fingerprint density at radius 1 is 1.32 bits per heavy atom. The van der Waals surface area contributed by atoms with Gasteiger partial charge in [0.2, 0.25) is 0 Å². The number of pyridine rings is 2. The minimum atomic E-state index is -1.82. The quantitative estimate of drug-likeness (QED) is 0.666. The number of imidazole rings is 1. The fourth-order valence-electron chi connectivity index (χ4n) is 3.62. The predicted octanol–water partition coefficient (Wildman–Crippen LogP) is 4.09. The second-order valence-electron chi connectivity index (χ2n) is 8.69. The fraction of sp³-hybridized carbons (Fsp3) is 0.409. The summed E-state index contributed by atoms with van der Waals surface area (Å²) >= 11 is 0. The van der Waals surface area contributed by atoms with Crippen molar-refractivity contribution < 1.29 is 13.9 Å². The van der Waals surface area contributed by atoms with Crippen molar-refractivity contribution >= 4 is 17.3 Å². The zero-order chi connectivity index (χ0) is 22.2. The van der Waals surface area contributed by atoms with E-state index in [9.17, 15) is 4.79 Å². The van der Waals surface area contributed by atoms with Gasteiger partial charge >= 0.3 is 6.09 Å². The van der Waals surface area contributed by atoms with E-state index in [4.69, 9.17) is 10.00 Å².